The molecule has 8 aromatic carbocycles. The summed E-state index contributed by atoms with van der Waals surface area (Å²) >= 11 is 0. The molecule has 6 nitrogen and oxygen atoms in total. The van der Waals surface area contributed by atoms with Crippen LogP contribution in [0.3, 0.4) is 0 Å². The van der Waals surface area contributed by atoms with E-state index in [-0.39, 0.29) is 0 Å². The summed E-state index contributed by atoms with van der Waals surface area (Å²) in [7, 11) is 0. The van der Waals surface area contributed by atoms with E-state index in [4.69, 9.17) is 28.8 Å². The molecule has 0 bridgehead atoms. The third-order valence-electron chi connectivity index (χ3n) is 11.7. The number of nitrogens with zero attached hydrogens (tertiary/aromatic N) is 4. The first-order valence-electron chi connectivity index (χ1n) is 19.7. The molecule has 1 aliphatic carbocycles. The summed E-state index contributed by atoms with van der Waals surface area (Å²) < 4.78 is 12.6. The second-order valence-corrected chi connectivity index (χ2v) is 15.0. The zero-order valence-electron chi connectivity index (χ0n) is 31.6. The van der Waals surface area contributed by atoms with Gasteiger partial charge in [0, 0.05) is 33.0 Å². The molecule has 0 amide bonds. The number of rotatable bonds is 6. The van der Waals surface area contributed by atoms with Crippen LogP contribution in [-0.2, 0) is 5.41 Å². The average molecular weight is 757 g/mol. The van der Waals surface area contributed by atoms with Crippen LogP contribution in [0.2, 0.25) is 0 Å². The van der Waals surface area contributed by atoms with Gasteiger partial charge in [-0.1, -0.05) is 146 Å². The number of aromatic nitrogens is 4. The summed E-state index contributed by atoms with van der Waals surface area (Å²) in [4.78, 5) is 20.1. The van der Waals surface area contributed by atoms with Crippen LogP contribution in [0.5, 0.6) is 0 Å². The van der Waals surface area contributed by atoms with E-state index < -0.39 is 5.41 Å². The maximum Gasteiger partial charge on any atom is 0.227 e. The van der Waals surface area contributed by atoms with Gasteiger partial charge >= 0.3 is 0 Å². The highest BCUT2D eigenvalue weighted by Gasteiger charge is 2.46. The molecule has 0 N–H and O–H groups in total. The Labute approximate surface area is 339 Å². The van der Waals surface area contributed by atoms with Crippen LogP contribution in [0, 0.1) is 0 Å². The van der Waals surface area contributed by atoms with Gasteiger partial charge in [0.25, 0.3) is 0 Å². The van der Waals surface area contributed by atoms with Crippen molar-refractivity contribution in [2.75, 3.05) is 0 Å². The number of para-hydroxylation sites is 1. The molecule has 3 aromatic heterocycles. The minimum atomic E-state index is -0.637. The topological polar surface area (TPSA) is 77.8 Å². The number of hydrogen-bond acceptors (Lipinski definition) is 6. The number of benzene rings is 8. The Balaban J connectivity index is 1.03. The first-order chi connectivity index (χ1) is 29.2. The Morgan fingerprint density at radius 3 is 1.59 bits per heavy atom. The van der Waals surface area contributed by atoms with Crippen LogP contribution in [0.15, 0.2) is 203 Å². The van der Waals surface area contributed by atoms with Crippen LogP contribution < -0.4 is 0 Å². The van der Waals surface area contributed by atoms with E-state index in [1.807, 2.05) is 91.0 Å². The van der Waals surface area contributed by atoms with E-state index in [0.717, 1.165) is 66.4 Å². The Morgan fingerprint density at radius 2 is 0.881 bits per heavy atom. The normalized spacial score (nSPS) is 12.9. The summed E-state index contributed by atoms with van der Waals surface area (Å²) in [5.74, 6) is 2.40. The summed E-state index contributed by atoms with van der Waals surface area (Å²) in [5.41, 5.74) is 13.3. The third-order valence-corrected chi connectivity index (χ3v) is 11.7. The molecule has 276 valence electrons. The summed E-state index contributed by atoms with van der Waals surface area (Å²) in [6.45, 7) is 0. The molecule has 0 saturated carbocycles. The summed E-state index contributed by atoms with van der Waals surface area (Å²) in [6, 6.07) is 67.0. The van der Waals surface area contributed by atoms with Crippen molar-refractivity contribution in [1.29, 1.82) is 0 Å². The summed E-state index contributed by atoms with van der Waals surface area (Å²) in [5, 5.41) is 2.08. The lowest BCUT2D eigenvalue weighted by Crippen LogP contribution is -2.28. The van der Waals surface area contributed by atoms with Crippen molar-refractivity contribution in [1.82, 2.24) is 19.9 Å². The predicted octanol–water partition coefficient (Wildman–Crippen LogP) is 12.9. The highest BCUT2D eigenvalue weighted by Crippen LogP contribution is 2.56. The minimum Gasteiger partial charge on any atom is -0.456 e. The molecule has 0 radical (unpaired) electrons. The van der Waals surface area contributed by atoms with Gasteiger partial charge in [0.05, 0.1) is 5.41 Å². The van der Waals surface area contributed by atoms with Crippen LogP contribution >= 0.6 is 0 Å². The third kappa shape index (κ3) is 5.20. The smallest absolute Gasteiger partial charge is 0.227 e. The Bertz CT molecular complexity index is 3340. The average Bonchev–Trinajstić information content (AvgIpc) is 4.00. The molecule has 0 atom stereocenters. The molecule has 0 unspecified atom stereocenters. The molecule has 59 heavy (non-hydrogen) atoms. The zero-order valence-corrected chi connectivity index (χ0v) is 31.6. The largest absolute Gasteiger partial charge is 0.456 e. The van der Waals surface area contributed by atoms with Crippen molar-refractivity contribution >= 4 is 33.0 Å². The minimum absolute atomic E-state index is 0.593. The van der Waals surface area contributed by atoms with E-state index in [0.29, 0.717) is 23.4 Å². The highest BCUT2D eigenvalue weighted by molar-refractivity contribution is 6.06. The standard InChI is InChI=1S/C53H32N4O2/c1-3-13-33(14-4-1)49-55-50(57-51(56-49)36-25-30-47-42(31-36)41-19-9-12-22-46(41)58-47)34-23-26-37(27-24-34)53(43-20-10-7-17-39(43)40-18-8-11-21-44(40)53)38-28-29-45-48(32-38)59-52(54-45)35-15-5-2-6-16-35/h1-32H. The fourth-order valence-corrected chi connectivity index (χ4v) is 8.97. The number of oxazole rings is 1. The molecule has 0 saturated heterocycles. The second-order valence-electron chi connectivity index (χ2n) is 15.0. The fourth-order valence-electron chi connectivity index (χ4n) is 8.97. The van der Waals surface area contributed by atoms with E-state index in [1.54, 1.807) is 0 Å². The molecular formula is C53H32N4O2. The monoisotopic (exact) mass is 756 g/mol. The first kappa shape index (κ1) is 33.2. The van der Waals surface area contributed by atoms with Gasteiger partial charge in [0.15, 0.2) is 23.1 Å². The van der Waals surface area contributed by atoms with Gasteiger partial charge < -0.3 is 8.83 Å². The van der Waals surface area contributed by atoms with Gasteiger partial charge in [-0.25, -0.2) is 19.9 Å². The van der Waals surface area contributed by atoms with Gasteiger partial charge in [0.2, 0.25) is 5.89 Å². The lowest BCUT2D eigenvalue weighted by molar-refractivity contribution is 0.618. The van der Waals surface area contributed by atoms with Crippen LogP contribution in [0.25, 0.3) is 89.8 Å². The van der Waals surface area contributed by atoms with Gasteiger partial charge in [-0.3, -0.25) is 0 Å². The maximum absolute atomic E-state index is 6.48. The van der Waals surface area contributed by atoms with Crippen molar-refractivity contribution in [3.63, 3.8) is 0 Å². The van der Waals surface area contributed by atoms with E-state index in [2.05, 4.69) is 103 Å². The van der Waals surface area contributed by atoms with E-state index in [1.165, 1.54) is 22.3 Å². The molecular weight excluding hydrogens is 725 g/mol. The molecule has 1 aliphatic rings. The maximum atomic E-state index is 6.48. The lowest BCUT2D eigenvalue weighted by Gasteiger charge is -2.33. The van der Waals surface area contributed by atoms with Gasteiger partial charge in [-0.2, -0.15) is 0 Å². The fraction of sp³-hybridized carbons (Fsp3) is 0.0189. The van der Waals surface area contributed by atoms with Crippen molar-refractivity contribution in [3.8, 4) is 56.7 Å². The Hall–Kier alpha value is -7.96. The molecule has 0 fully saturated rings. The molecule has 6 heteroatoms. The Kier molecular flexibility index (Phi) is 7.34. The second kappa shape index (κ2) is 13.0. The van der Waals surface area contributed by atoms with Crippen LogP contribution in [0.4, 0.5) is 0 Å². The van der Waals surface area contributed by atoms with Gasteiger partial charge in [-0.15, -0.1) is 0 Å². The van der Waals surface area contributed by atoms with Crippen LogP contribution in [-0.4, -0.2) is 19.9 Å². The molecule has 12 rings (SSSR count). The lowest BCUT2D eigenvalue weighted by atomic mass is 9.67. The number of hydrogen-bond donors (Lipinski definition) is 0. The first-order valence-corrected chi connectivity index (χ1v) is 19.7. The Morgan fingerprint density at radius 1 is 0.339 bits per heavy atom. The number of furan rings is 1. The SMILES string of the molecule is c1ccc(-c2nc(-c3ccc(C4(c5ccc6nc(-c7ccccc7)oc6c5)c5ccccc5-c5ccccc54)cc3)nc(-c3ccc4oc5ccccc5c4c3)n2)cc1. The molecule has 3 heterocycles. The molecule has 0 aliphatic heterocycles. The van der Waals surface area contributed by atoms with Gasteiger partial charge in [0.1, 0.15) is 16.7 Å². The number of fused-ring (bicyclic) bond motifs is 7. The van der Waals surface area contributed by atoms with Crippen molar-refractivity contribution in [2.24, 2.45) is 0 Å². The molecule has 11 aromatic rings. The van der Waals surface area contributed by atoms with Crippen LogP contribution in [0.1, 0.15) is 22.3 Å². The summed E-state index contributed by atoms with van der Waals surface area (Å²) in [6.07, 6.45) is 0. The predicted molar refractivity (Wildman–Crippen MR) is 234 cm³/mol. The van der Waals surface area contributed by atoms with Crippen molar-refractivity contribution < 1.29 is 8.83 Å². The van der Waals surface area contributed by atoms with Gasteiger partial charge in [-0.05, 0) is 81.9 Å². The van der Waals surface area contributed by atoms with Crippen molar-refractivity contribution in [2.45, 2.75) is 5.41 Å². The molecule has 0 spiro atoms. The quantitative estimate of drug-likeness (QED) is 0.168. The highest BCUT2D eigenvalue weighted by atomic mass is 16.3. The van der Waals surface area contributed by atoms with E-state index in [9.17, 15) is 0 Å². The van der Waals surface area contributed by atoms with E-state index >= 15 is 0 Å². The zero-order chi connectivity index (χ0) is 38.9. The van der Waals surface area contributed by atoms with Crippen molar-refractivity contribution in [3.05, 3.63) is 216 Å².